The van der Waals surface area contributed by atoms with Crippen LogP contribution >= 0.6 is 0 Å². The number of aryl methyl sites for hydroxylation is 2. The first kappa shape index (κ1) is 18.0. The molecule has 2 aromatic rings. The molecule has 7 heteroatoms. The number of amides is 1. The van der Waals surface area contributed by atoms with Gasteiger partial charge in [0.05, 0.1) is 12.2 Å². The Morgan fingerprint density at radius 2 is 1.96 bits per heavy atom. The fourth-order valence-corrected chi connectivity index (χ4v) is 2.90. The van der Waals surface area contributed by atoms with Gasteiger partial charge in [0.1, 0.15) is 5.76 Å². The van der Waals surface area contributed by atoms with Crippen LogP contribution in [-0.4, -0.2) is 30.4 Å². The second kappa shape index (κ2) is 8.03. The summed E-state index contributed by atoms with van der Waals surface area (Å²) in [5.41, 5.74) is 2.99. The Morgan fingerprint density at radius 1 is 1.23 bits per heavy atom. The Morgan fingerprint density at radius 3 is 2.54 bits per heavy atom. The summed E-state index contributed by atoms with van der Waals surface area (Å²) in [5.74, 6) is 2.36. The van der Waals surface area contributed by atoms with Crippen molar-refractivity contribution in [1.29, 1.82) is 0 Å². The lowest BCUT2D eigenvalue weighted by Gasteiger charge is -2.16. The molecule has 7 nitrogen and oxygen atoms in total. The molecule has 0 radical (unpaired) electrons. The summed E-state index contributed by atoms with van der Waals surface area (Å²) in [5, 5.41) is 6.45. The normalized spacial score (nSPS) is 14.8. The molecule has 3 rings (SSSR count). The third kappa shape index (κ3) is 4.22. The smallest absolute Gasteiger partial charge is 0.227 e. The first-order valence-electron chi connectivity index (χ1n) is 8.83. The summed E-state index contributed by atoms with van der Waals surface area (Å²) < 4.78 is 5.55. The third-order valence-corrected chi connectivity index (χ3v) is 4.48. The van der Waals surface area contributed by atoms with E-state index in [1.165, 1.54) is 0 Å². The van der Waals surface area contributed by atoms with Gasteiger partial charge in [-0.25, -0.2) is 4.98 Å². The molecule has 1 amide bonds. The van der Waals surface area contributed by atoms with Crippen LogP contribution < -0.4 is 15.5 Å². The molecule has 1 aromatic carbocycles. The maximum Gasteiger partial charge on any atom is 0.227 e. The monoisotopic (exact) mass is 355 g/mol. The van der Waals surface area contributed by atoms with Gasteiger partial charge in [-0.3, -0.25) is 9.79 Å². The average molecular weight is 355 g/mol. The second-order valence-electron chi connectivity index (χ2n) is 6.34. The lowest BCUT2D eigenvalue weighted by molar-refractivity contribution is -0.117. The summed E-state index contributed by atoms with van der Waals surface area (Å²) >= 11 is 0. The van der Waals surface area contributed by atoms with E-state index in [1.807, 2.05) is 43.0 Å². The largest absolute Gasteiger partial charge is 0.444 e. The minimum Gasteiger partial charge on any atom is -0.444 e. The highest BCUT2D eigenvalue weighted by Crippen LogP contribution is 2.21. The van der Waals surface area contributed by atoms with Gasteiger partial charge >= 0.3 is 0 Å². The fraction of sp³-hybridized carbons (Fsp3) is 0.421. The third-order valence-electron chi connectivity index (χ3n) is 4.48. The topological polar surface area (TPSA) is 82.8 Å². The minimum atomic E-state index is 0.206. The number of rotatable bonds is 5. The number of nitrogens with one attached hydrogen (secondary N) is 2. The number of anilines is 1. The second-order valence-corrected chi connectivity index (χ2v) is 6.34. The molecular weight excluding hydrogens is 330 g/mol. The van der Waals surface area contributed by atoms with Gasteiger partial charge in [0.25, 0.3) is 0 Å². The van der Waals surface area contributed by atoms with Crippen molar-refractivity contribution in [2.24, 2.45) is 4.99 Å². The SMILES string of the molecule is CN=C(NCc1ccc(N2CCCC2=O)cc1)NCc1nc(C)c(C)o1. The van der Waals surface area contributed by atoms with Crippen LogP contribution in [0.1, 0.15) is 35.7 Å². The molecule has 0 spiro atoms. The molecule has 1 aliphatic heterocycles. The highest BCUT2D eigenvalue weighted by Gasteiger charge is 2.21. The van der Waals surface area contributed by atoms with E-state index in [0.717, 1.165) is 35.7 Å². The van der Waals surface area contributed by atoms with Gasteiger partial charge in [-0.05, 0) is 38.0 Å². The highest BCUT2D eigenvalue weighted by molar-refractivity contribution is 5.95. The fourth-order valence-electron chi connectivity index (χ4n) is 2.90. The standard InChI is InChI=1S/C19H25N5O2/c1-13-14(2)26-17(23-13)12-22-19(20-3)21-11-15-6-8-16(9-7-15)24-10-4-5-18(24)25/h6-9H,4-5,10-12H2,1-3H3,(H2,20,21,22). The maximum absolute atomic E-state index is 11.8. The number of hydrogen-bond acceptors (Lipinski definition) is 4. The molecule has 0 saturated carbocycles. The van der Waals surface area contributed by atoms with E-state index >= 15 is 0 Å². The van der Waals surface area contributed by atoms with Crippen molar-refractivity contribution in [3.63, 3.8) is 0 Å². The Labute approximate surface area is 153 Å². The number of carbonyl (C=O) groups is 1. The van der Waals surface area contributed by atoms with Gasteiger partial charge in [0, 0.05) is 32.2 Å². The number of benzene rings is 1. The number of carbonyl (C=O) groups excluding carboxylic acids is 1. The summed E-state index contributed by atoms with van der Waals surface area (Å²) in [6.07, 6.45) is 1.59. The number of nitrogens with zero attached hydrogens (tertiary/aromatic N) is 3. The molecule has 26 heavy (non-hydrogen) atoms. The molecule has 2 N–H and O–H groups in total. The van der Waals surface area contributed by atoms with Crippen LogP contribution in [0.2, 0.25) is 0 Å². The van der Waals surface area contributed by atoms with Crippen LogP contribution in [0, 0.1) is 13.8 Å². The van der Waals surface area contributed by atoms with Crippen molar-refractivity contribution in [2.45, 2.75) is 39.8 Å². The zero-order valence-electron chi connectivity index (χ0n) is 15.5. The van der Waals surface area contributed by atoms with Crippen LogP contribution in [0.4, 0.5) is 5.69 Å². The van der Waals surface area contributed by atoms with E-state index in [4.69, 9.17) is 4.42 Å². The van der Waals surface area contributed by atoms with Crippen LogP contribution in [0.3, 0.4) is 0 Å². The Balaban J connectivity index is 1.51. The van der Waals surface area contributed by atoms with Gasteiger partial charge in [-0.1, -0.05) is 12.1 Å². The maximum atomic E-state index is 11.8. The van der Waals surface area contributed by atoms with Gasteiger partial charge in [0.15, 0.2) is 5.96 Å². The Bertz CT molecular complexity index is 775. The summed E-state index contributed by atoms with van der Waals surface area (Å²) in [7, 11) is 1.73. The van der Waals surface area contributed by atoms with Gasteiger partial charge < -0.3 is 20.0 Å². The zero-order chi connectivity index (χ0) is 18.5. The zero-order valence-corrected chi connectivity index (χ0v) is 15.5. The molecular formula is C19H25N5O2. The summed E-state index contributed by atoms with van der Waals surface area (Å²) in [6.45, 7) is 5.75. The van der Waals surface area contributed by atoms with Crippen molar-refractivity contribution in [3.8, 4) is 0 Å². The molecule has 138 valence electrons. The van der Waals surface area contributed by atoms with Crippen molar-refractivity contribution in [3.05, 3.63) is 47.2 Å². The highest BCUT2D eigenvalue weighted by atomic mass is 16.4. The van der Waals surface area contributed by atoms with E-state index < -0.39 is 0 Å². The summed E-state index contributed by atoms with van der Waals surface area (Å²) in [6, 6.07) is 8.05. The number of aliphatic imine (C=N–C) groups is 1. The van der Waals surface area contributed by atoms with E-state index in [1.54, 1.807) is 7.05 Å². The van der Waals surface area contributed by atoms with E-state index in [2.05, 4.69) is 20.6 Å². The number of hydrogen-bond donors (Lipinski definition) is 2. The molecule has 0 unspecified atom stereocenters. The van der Waals surface area contributed by atoms with Crippen molar-refractivity contribution >= 4 is 17.6 Å². The Hall–Kier alpha value is -2.83. The van der Waals surface area contributed by atoms with Crippen molar-refractivity contribution < 1.29 is 9.21 Å². The van der Waals surface area contributed by atoms with Crippen molar-refractivity contribution in [2.75, 3.05) is 18.5 Å². The predicted molar refractivity (Wildman–Crippen MR) is 101 cm³/mol. The molecule has 2 heterocycles. The molecule has 1 fully saturated rings. The van der Waals surface area contributed by atoms with E-state index in [0.29, 0.717) is 31.4 Å². The average Bonchev–Trinajstić information content (AvgIpc) is 3.21. The van der Waals surface area contributed by atoms with Gasteiger partial charge in [-0.2, -0.15) is 0 Å². The molecule has 1 aromatic heterocycles. The quantitative estimate of drug-likeness (QED) is 0.635. The summed E-state index contributed by atoms with van der Waals surface area (Å²) in [4.78, 5) is 22.2. The molecule has 1 saturated heterocycles. The molecule has 0 aliphatic carbocycles. The van der Waals surface area contributed by atoms with Crippen LogP contribution in [-0.2, 0) is 17.9 Å². The number of guanidine groups is 1. The van der Waals surface area contributed by atoms with Crippen LogP contribution in [0.25, 0.3) is 0 Å². The van der Waals surface area contributed by atoms with Gasteiger partial charge in [-0.15, -0.1) is 0 Å². The lowest BCUT2D eigenvalue weighted by Crippen LogP contribution is -2.36. The molecule has 1 aliphatic rings. The molecule has 0 bridgehead atoms. The van der Waals surface area contributed by atoms with Crippen LogP contribution in [0.5, 0.6) is 0 Å². The minimum absolute atomic E-state index is 0.206. The Kier molecular flexibility index (Phi) is 5.55. The van der Waals surface area contributed by atoms with Crippen molar-refractivity contribution in [1.82, 2.24) is 15.6 Å². The van der Waals surface area contributed by atoms with E-state index in [9.17, 15) is 4.79 Å². The first-order valence-corrected chi connectivity index (χ1v) is 8.83. The number of oxazole rings is 1. The lowest BCUT2D eigenvalue weighted by atomic mass is 10.2. The molecule has 0 atom stereocenters. The predicted octanol–water partition coefficient (Wildman–Crippen LogP) is 2.28. The van der Waals surface area contributed by atoms with E-state index in [-0.39, 0.29) is 5.91 Å². The van der Waals surface area contributed by atoms with Crippen LogP contribution in [0.15, 0.2) is 33.7 Å². The first-order chi connectivity index (χ1) is 12.6. The van der Waals surface area contributed by atoms with Gasteiger partial charge in [0.2, 0.25) is 11.8 Å². The number of aromatic nitrogens is 1.